The zero-order valence-electron chi connectivity index (χ0n) is 8.17. The Morgan fingerprint density at radius 3 is 3.00 bits per heavy atom. The van der Waals surface area contributed by atoms with Gasteiger partial charge in [-0.3, -0.25) is 4.79 Å². The third-order valence-electron chi connectivity index (χ3n) is 1.66. The summed E-state index contributed by atoms with van der Waals surface area (Å²) in [5, 5.41) is 5.85. The predicted molar refractivity (Wildman–Crippen MR) is 54.8 cm³/mol. The number of nitrogens with one attached hydrogen (secondary N) is 1. The summed E-state index contributed by atoms with van der Waals surface area (Å²) in [4.78, 5) is 13.6. The van der Waals surface area contributed by atoms with E-state index in [0.717, 1.165) is 0 Å². The molecule has 0 fully saturated rings. The fourth-order valence-electron chi connectivity index (χ4n) is 0.925. The van der Waals surface area contributed by atoms with Gasteiger partial charge in [-0.05, 0) is 17.7 Å². The third kappa shape index (κ3) is 3.21. The van der Waals surface area contributed by atoms with E-state index in [0.29, 0.717) is 11.4 Å². The first-order chi connectivity index (χ1) is 7.27. The largest absolute Gasteiger partial charge is 0.483 e. The molecule has 0 aliphatic heterocycles. The molecule has 0 bridgehead atoms. The molecule has 1 aromatic carbocycles. The van der Waals surface area contributed by atoms with Crippen LogP contribution in [0.15, 0.2) is 29.4 Å². The molecule has 0 saturated heterocycles. The van der Waals surface area contributed by atoms with Gasteiger partial charge in [0.15, 0.2) is 6.61 Å². The van der Waals surface area contributed by atoms with Gasteiger partial charge in [0.05, 0.1) is 5.69 Å². The van der Waals surface area contributed by atoms with Crippen LogP contribution in [-0.2, 0) is 4.79 Å². The van der Waals surface area contributed by atoms with Crippen molar-refractivity contribution < 1.29 is 9.53 Å². The van der Waals surface area contributed by atoms with Crippen LogP contribution in [0.2, 0.25) is 0 Å². The molecule has 0 unspecified atom stereocenters. The van der Waals surface area contributed by atoms with Crippen LogP contribution in [0.1, 0.15) is 0 Å². The Hall–Kier alpha value is -2.20. The molecule has 0 atom stereocenters. The SMILES string of the molecule is CNC(=O)COc1ccccc1N=[N+]=[N-]. The summed E-state index contributed by atoms with van der Waals surface area (Å²) in [6.07, 6.45) is 0. The molecule has 0 radical (unpaired) electrons. The van der Waals surface area contributed by atoms with Gasteiger partial charge in [0.25, 0.3) is 5.91 Å². The summed E-state index contributed by atoms with van der Waals surface area (Å²) < 4.78 is 5.17. The Balaban J connectivity index is 2.75. The van der Waals surface area contributed by atoms with Crippen LogP contribution in [-0.4, -0.2) is 19.6 Å². The van der Waals surface area contributed by atoms with Crippen molar-refractivity contribution in [2.45, 2.75) is 0 Å². The summed E-state index contributed by atoms with van der Waals surface area (Å²) in [5.41, 5.74) is 8.66. The predicted octanol–water partition coefficient (Wildman–Crippen LogP) is 1.75. The van der Waals surface area contributed by atoms with Gasteiger partial charge in [-0.1, -0.05) is 17.2 Å². The van der Waals surface area contributed by atoms with Crippen LogP contribution >= 0.6 is 0 Å². The second-order valence-corrected chi connectivity index (χ2v) is 2.62. The second kappa shape index (κ2) is 5.51. The van der Waals surface area contributed by atoms with Crippen molar-refractivity contribution in [3.63, 3.8) is 0 Å². The third-order valence-corrected chi connectivity index (χ3v) is 1.66. The second-order valence-electron chi connectivity index (χ2n) is 2.62. The highest BCUT2D eigenvalue weighted by atomic mass is 16.5. The van der Waals surface area contributed by atoms with E-state index < -0.39 is 0 Å². The number of ether oxygens (including phenoxy) is 1. The molecule has 78 valence electrons. The Morgan fingerprint density at radius 1 is 1.60 bits per heavy atom. The maximum absolute atomic E-state index is 10.9. The van der Waals surface area contributed by atoms with E-state index in [9.17, 15) is 4.79 Å². The highest BCUT2D eigenvalue weighted by Crippen LogP contribution is 2.26. The van der Waals surface area contributed by atoms with E-state index in [4.69, 9.17) is 10.3 Å². The van der Waals surface area contributed by atoms with E-state index in [1.807, 2.05) is 0 Å². The summed E-state index contributed by atoms with van der Waals surface area (Å²) in [6.45, 7) is -0.103. The maximum Gasteiger partial charge on any atom is 0.257 e. The van der Waals surface area contributed by atoms with E-state index in [-0.39, 0.29) is 12.5 Å². The van der Waals surface area contributed by atoms with Gasteiger partial charge in [0.2, 0.25) is 0 Å². The first kappa shape index (κ1) is 10.9. The highest BCUT2D eigenvalue weighted by molar-refractivity contribution is 5.77. The van der Waals surface area contributed by atoms with Gasteiger partial charge in [0, 0.05) is 12.0 Å². The van der Waals surface area contributed by atoms with Crippen LogP contribution in [0.25, 0.3) is 10.4 Å². The highest BCUT2D eigenvalue weighted by Gasteiger charge is 2.03. The number of rotatable bonds is 4. The van der Waals surface area contributed by atoms with Crippen molar-refractivity contribution in [3.8, 4) is 5.75 Å². The van der Waals surface area contributed by atoms with Crippen LogP contribution in [0.4, 0.5) is 5.69 Å². The fraction of sp³-hybridized carbons (Fsp3) is 0.222. The van der Waals surface area contributed by atoms with Gasteiger partial charge in [0.1, 0.15) is 5.75 Å². The Kier molecular flexibility index (Phi) is 4.00. The van der Waals surface area contributed by atoms with Crippen molar-refractivity contribution in [3.05, 3.63) is 34.7 Å². The van der Waals surface area contributed by atoms with Gasteiger partial charge in [-0.2, -0.15) is 0 Å². The average molecular weight is 206 g/mol. The van der Waals surface area contributed by atoms with E-state index in [1.165, 1.54) is 7.05 Å². The number of carbonyl (C=O) groups excluding carboxylic acids is 1. The minimum Gasteiger partial charge on any atom is -0.483 e. The van der Waals surface area contributed by atoms with Crippen molar-refractivity contribution >= 4 is 11.6 Å². The minimum atomic E-state index is -0.245. The number of para-hydroxylation sites is 1. The number of amides is 1. The molecule has 0 aliphatic rings. The topological polar surface area (TPSA) is 87.1 Å². The zero-order valence-corrected chi connectivity index (χ0v) is 8.17. The normalized spacial score (nSPS) is 8.87. The number of hydrogen-bond donors (Lipinski definition) is 1. The Labute approximate surface area is 86.5 Å². The van der Waals surface area contributed by atoms with Crippen molar-refractivity contribution in [2.24, 2.45) is 5.11 Å². The number of azide groups is 1. The molecule has 6 nitrogen and oxygen atoms in total. The smallest absolute Gasteiger partial charge is 0.257 e. The van der Waals surface area contributed by atoms with Gasteiger partial charge < -0.3 is 10.1 Å². The quantitative estimate of drug-likeness (QED) is 0.462. The van der Waals surface area contributed by atoms with Gasteiger partial charge >= 0.3 is 0 Å². The van der Waals surface area contributed by atoms with Gasteiger partial charge in [-0.25, -0.2) is 0 Å². The lowest BCUT2D eigenvalue weighted by Crippen LogP contribution is -2.24. The minimum absolute atomic E-state index is 0.103. The molecule has 0 saturated carbocycles. The fourth-order valence-corrected chi connectivity index (χ4v) is 0.925. The molecule has 1 amide bonds. The summed E-state index contributed by atoms with van der Waals surface area (Å²) in [5.74, 6) is 0.143. The van der Waals surface area contributed by atoms with E-state index in [2.05, 4.69) is 15.3 Å². The van der Waals surface area contributed by atoms with E-state index in [1.54, 1.807) is 24.3 Å². The monoisotopic (exact) mass is 206 g/mol. The van der Waals surface area contributed by atoms with Crippen molar-refractivity contribution in [1.82, 2.24) is 5.32 Å². The molecule has 0 aliphatic carbocycles. The number of nitrogens with zero attached hydrogens (tertiary/aromatic N) is 3. The molecule has 0 heterocycles. The molecule has 0 spiro atoms. The number of hydrogen-bond acceptors (Lipinski definition) is 3. The van der Waals surface area contributed by atoms with Crippen LogP contribution < -0.4 is 10.1 Å². The summed E-state index contributed by atoms with van der Waals surface area (Å²) in [6, 6.07) is 6.69. The number of likely N-dealkylation sites (N-methyl/N-ethyl adjacent to an activating group) is 1. The first-order valence-corrected chi connectivity index (χ1v) is 4.25. The molecule has 6 heteroatoms. The van der Waals surface area contributed by atoms with Crippen LogP contribution in [0.5, 0.6) is 5.75 Å². The van der Waals surface area contributed by atoms with Crippen molar-refractivity contribution in [2.75, 3.05) is 13.7 Å². The molecule has 0 aromatic heterocycles. The lowest BCUT2D eigenvalue weighted by molar-refractivity contribution is -0.122. The molecular weight excluding hydrogens is 196 g/mol. The average Bonchev–Trinajstić information content (AvgIpc) is 2.28. The Bertz CT molecular complexity index is 399. The number of benzene rings is 1. The van der Waals surface area contributed by atoms with Gasteiger partial charge in [-0.15, -0.1) is 0 Å². The molecule has 1 N–H and O–H groups in total. The maximum atomic E-state index is 10.9. The molecule has 1 rings (SSSR count). The number of carbonyl (C=O) groups is 1. The zero-order chi connectivity index (χ0) is 11.1. The molecule has 15 heavy (non-hydrogen) atoms. The molecular formula is C9H10N4O2. The Morgan fingerprint density at radius 2 is 2.33 bits per heavy atom. The lowest BCUT2D eigenvalue weighted by atomic mass is 10.3. The lowest BCUT2D eigenvalue weighted by Gasteiger charge is -2.06. The molecule has 1 aromatic rings. The standard InChI is InChI=1S/C9H10N4O2/c1-11-9(14)6-15-8-5-3-2-4-7(8)12-13-10/h2-5H,6H2,1H3,(H,11,14). The van der Waals surface area contributed by atoms with Crippen molar-refractivity contribution in [1.29, 1.82) is 0 Å². The van der Waals surface area contributed by atoms with Crippen LogP contribution in [0, 0.1) is 0 Å². The van der Waals surface area contributed by atoms with Crippen LogP contribution in [0.3, 0.4) is 0 Å². The summed E-state index contributed by atoms with van der Waals surface area (Å²) >= 11 is 0. The first-order valence-electron chi connectivity index (χ1n) is 4.25. The van der Waals surface area contributed by atoms with E-state index >= 15 is 0 Å². The summed E-state index contributed by atoms with van der Waals surface area (Å²) in [7, 11) is 1.52.